The topological polar surface area (TPSA) is 73.2 Å². The molecule has 0 spiro atoms. The number of hydroxylamine groups is 2. The van der Waals surface area contributed by atoms with Gasteiger partial charge in [-0.2, -0.15) is 5.06 Å². The maximum absolute atomic E-state index is 9.80. The van der Waals surface area contributed by atoms with E-state index in [9.17, 15) is 10.3 Å². The molecule has 0 aromatic rings. The highest BCUT2D eigenvalue weighted by Gasteiger charge is 2.44. The molecule has 0 saturated carbocycles. The Kier molecular flexibility index (Phi) is 16.6. The summed E-state index contributed by atoms with van der Waals surface area (Å²) in [7, 11) is 0. The molecule has 2 atom stereocenters. The zero-order chi connectivity index (χ0) is 25.8. The lowest BCUT2D eigenvalue weighted by molar-refractivity contribution is -0.257. The van der Waals surface area contributed by atoms with E-state index in [2.05, 4.69) is 41.5 Å². The number of hydrogen-bond donors (Lipinski definition) is 3. The number of aliphatic hydroxyl groups is 2. The second-order valence-electron chi connectivity index (χ2n) is 11.9. The predicted molar refractivity (Wildman–Crippen MR) is 137 cm³/mol. The summed E-state index contributed by atoms with van der Waals surface area (Å²) in [5.74, 6) is 1.79. The number of hydrogen-bond acceptors (Lipinski definition) is 5. The van der Waals surface area contributed by atoms with Gasteiger partial charge in [0.2, 0.25) is 0 Å². The Bertz CT molecular complexity index is 445. The lowest BCUT2D eigenvalue weighted by Crippen LogP contribution is -2.60. The summed E-state index contributed by atoms with van der Waals surface area (Å²) in [6, 6.07) is 0. The fraction of sp³-hybridized carbons (Fsp3) is 1.00. The van der Waals surface area contributed by atoms with Gasteiger partial charge in [-0.15, -0.1) is 0 Å². The summed E-state index contributed by atoms with van der Waals surface area (Å²) >= 11 is 0. The van der Waals surface area contributed by atoms with Gasteiger partial charge in [-0.05, 0) is 86.0 Å². The van der Waals surface area contributed by atoms with Gasteiger partial charge in [0, 0.05) is 17.7 Å². The minimum atomic E-state index is -0.318. The van der Waals surface area contributed by atoms with Gasteiger partial charge in [-0.25, -0.2) is 0 Å². The van der Waals surface area contributed by atoms with E-state index < -0.39 is 0 Å². The van der Waals surface area contributed by atoms with Gasteiger partial charge in [-0.3, -0.25) is 0 Å². The van der Waals surface area contributed by atoms with Crippen LogP contribution < -0.4 is 0 Å². The van der Waals surface area contributed by atoms with Gasteiger partial charge in [0.1, 0.15) is 0 Å². The second kappa shape index (κ2) is 15.7. The minimum absolute atomic E-state index is 0.176. The van der Waals surface area contributed by atoms with Crippen LogP contribution >= 0.6 is 0 Å². The van der Waals surface area contributed by atoms with Crippen LogP contribution in [0.15, 0.2) is 0 Å². The van der Waals surface area contributed by atoms with E-state index in [1.165, 1.54) is 24.3 Å². The van der Waals surface area contributed by atoms with E-state index in [-0.39, 0.29) is 35.5 Å². The molecule has 5 nitrogen and oxygen atoms in total. The van der Waals surface area contributed by atoms with Crippen LogP contribution in [0.1, 0.15) is 128 Å². The van der Waals surface area contributed by atoms with Crippen LogP contribution in [0.4, 0.5) is 0 Å². The average molecular weight is 462 g/mol. The third kappa shape index (κ3) is 14.8. The van der Waals surface area contributed by atoms with Gasteiger partial charge in [0.15, 0.2) is 0 Å². The first-order valence-electron chi connectivity index (χ1n) is 12.9. The largest absolute Gasteiger partial charge is 0.396 e. The summed E-state index contributed by atoms with van der Waals surface area (Å²) in [6.07, 6.45) is 7.14. The molecule has 2 unspecified atom stereocenters. The third-order valence-electron chi connectivity index (χ3n) is 6.58. The Morgan fingerprint density at radius 2 is 1.47 bits per heavy atom. The lowest BCUT2D eigenvalue weighted by Gasteiger charge is -2.50. The van der Waals surface area contributed by atoms with Crippen molar-refractivity contribution in [2.24, 2.45) is 11.8 Å². The molecule has 0 radical (unpaired) electrons. The van der Waals surface area contributed by atoms with E-state index >= 15 is 0 Å². The fourth-order valence-electron chi connectivity index (χ4n) is 4.03. The number of piperidine rings is 1. The Morgan fingerprint density at radius 3 is 1.81 bits per heavy atom. The zero-order valence-electron chi connectivity index (χ0n) is 23.7. The molecule has 0 aromatic carbocycles. The quantitative estimate of drug-likeness (QED) is 0.351. The molecule has 1 aliphatic rings. The molecule has 5 heteroatoms. The molecule has 1 rings (SSSR count). The van der Waals surface area contributed by atoms with Crippen molar-refractivity contribution in [2.75, 3.05) is 6.61 Å². The Balaban J connectivity index is 0. The Labute approximate surface area is 200 Å². The van der Waals surface area contributed by atoms with E-state index in [4.69, 9.17) is 9.84 Å². The predicted octanol–water partition coefficient (Wildman–Crippen LogP) is 6.82. The summed E-state index contributed by atoms with van der Waals surface area (Å²) in [5, 5.41) is 29.4. The van der Waals surface area contributed by atoms with Crippen LogP contribution in [0.25, 0.3) is 0 Å². The molecule has 0 amide bonds. The molecule has 0 aromatic heterocycles. The van der Waals surface area contributed by atoms with Crippen LogP contribution in [0.2, 0.25) is 0 Å². The van der Waals surface area contributed by atoms with Gasteiger partial charge in [0.05, 0.1) is 17.8 Å². The Hall–Kier alpha value is -0.200. The molecule has 32 heavy (non-hydrogen) atoms. The highest BCUT2D eigenvalue weighted by molar-refractivity contribution is 4.95. The molecular formula is C27H59NO4. The molecule has 1 saturated heterocycles. The standard InChI is InChI=1S/C9H19NO2.C9H20O2.C9H20/c1-8(2)5-7(11)6-9(3,4)10(8)12;1-5-8(2)11-9(3,4)6-7-10;1-5-6-7-9(4)8(2)3/h7,11-12H,5-6H2,1-4H3;8,10H,5-7H2,1-4H3;8-9H,5-7H2,1-4H3. The van der Waals surface area contributed by atoms with Crippen molar-refractivity contribution >= 4 is 0 Å². The van der Waals surface area contributed by atoms with Crippen LogP contribution in [-0.2, 0) is 4.74 Å². The summed E-state index contributed by atoms with van der Waals surface area (Å²) < 4.78 is 5.67. The second-order valence-corrected chi connectivity index (χ2v) is 11.9. The molecule has 3 N–H and O–H groups in total. The maximum atomic E-state index is 9.80. The SMILES string of the molecule is CC1(C)CC(O)CC(C)(C)N1O.CCC(C)OC(C)(C)CCO.CCCCC(C)C(C)C. The van der Waals surface area contributed by atoms with Crippen molar-refractivity contribution in [1.82, 2.24) is 5.06 Å². The van der Waals surface area contributed by atoms with E-state index in [1.807, 2.05) is 41.5 Å². The first kappa shape index (κ1) is 34.0. The van der Waals surface area contributed by atoms with Crippen LogP contribution in [0.3, 0.4) is 0 Å². The monoisotopic (exact) mass is 461 g/mol. The summed E-state index contributed by atoms with van der Waals surface area (Å²) in [6.45, 7) is 25.4. The zero-order valence-corrected chi connectivity index (χ0v) is 23.7. The molecule has 1 heterocycles. The Morgan fingerprint density at radius 1 is 1.00 bits per heavy atom. The van der Waals surface area contributed by atoms with Gasteiger partial charge in [0.25, 0.3) is 0 Å². The molecular weight excluding hydrogens is 402 g/mol. The van der Waals surface area contributed by atoms with Crippen LogP contribution in [0, 0.1) is 11.8 Å². The number of aliphatic hydroxyl groups excluding tert-OH is 2. The number of nitrogens with zero attached hydrogens (tertiary/aromatic N) is 1. The smallest absolute Gasteiger partial charge is 0.0651 e. The van der Waals surface area contributed by atoms with E-state index in [1.54, 1.807) is 0 Å². The summed E-state index contributed by atoms with van der Waals surface area (Å²) in [5.41, 5.74) is -0.813. The number of unbranched alkanes of at least 4 members (excludes halogenated alkanes) is 1. The molecule has 1 fully saturated rings. The fourth-order valence-corrected chi connectivity index (χ4v) is 4.03. The van der Waals surface area contributed by atoms with E-state index in [0.717, 1.165) is 18.3 Å². The first-order valence-corrected chi connectivity index (χ1v) is 12.9. The van der Waals surface area contributed by atoms with Crippen LogP contribution in [-0.4, -0.2) is 56.0 Å². The van der Waals surface area contributed by atoms with E-state index in [0.29, 0.717) is 19.3 Å². The first-order chi connectivity index (χ1) is 14.5. The van der Waals surface area contributed by atoms with Crippen molar-refractivity contribution in [1.29, 1.82) is 0 Å². The highest BCUT2D eigenvalue weighted by atomic mass is 16.5. The van der Waals surface area contributed by atoms with Gasteiger partial charge >= 0.3 is 0 Å². The van der Waals surface area contributed by atoms with Crippen molar-refractivity contribution in [2.45, 2.75) is 157 Å². The normalized spacial score (nSPS) is 20.6. The average Bonchev–Trinajstić information content (AvgIpc) is 2.63. The van der Waals surface area contributed by atoms with Crippen molar-refractivity contribution in [3.05, 3.63) is 0 Å². The minimum Gasteiger partial charge on any atom is -0.396 e. The molecule has 1 aliphatic heterocycles. The number of ether oxygens (including phenoxy) is 1. The van der Waals surface area contributed by atoms with Crippen molar-refractivity contribution < 1.29 is 20.2 Å². The highest BCUT2D eigenvalue weighted by Crippen LogP contribution is 2.36. The molecule has 0 bridgehead atoms. The molecule has 0 aliphatic carbocycles. The molecule has 196 valence electrons. The van der Waals surface area contributed by atoms with Crippen LogP contribution in [0.5, 0.6) is 0 Å². The maximum Gasteiger partial charge on any atom is 0.0651 e. The summed E-state index contributed by atoms with van der Waals surface area (Å²) in [4.78, 5) is 0. The van der Waals surface area contributed by atoms with Crippen molar-refractivity contribution in [3.8, 4) is 0 Å². The lowest BCUT2D eigenvalue weighted by atomic mass is 9.80. The van der Waals surface area contributed by atoms with Gasteiger partial charge in [-0.1, -0.05) is 53.9 Å². The van der Waals surface area contributed by atoms with Gasteiger partial charge < -0.3 is 20.2 Å². The third-order valence-corrected chi connectivity index (χ3v) is 6.58. The van der Waals surface area contributed by atoms with Crippen molar-refractivity contribution in [3.63, 3.8) is 0 Å². The number of rotatable bonds is 9.